The second-order valence-electron chi connectivity index (χ2n) is 4.05. The fourth-order valence-electron chi connectivity index (χ4n) is 2.15. The van der Waals surface area contributed by atoms with Crippen LogP contribution < -0.4 is 5.32 Å². The minimum atomic E-state index is 0.302. The van der Waals surface area contributed by atoms with Crippen molar-refractivity contribution in [1.29, 1.82) is 0 Å². The molecule has 2 nitrogen and oxygen atoms in total. The van der Waals surface area contributed by atoms with Gasteiger partial charge in [0.15, 0.2) is 0 Å². The van der Waals surface area contributed by atoms with Crippen LogP contribution in [0, 0.1) is 5.92 Å². The predicted molar refractivity (Wildman–Crippen MR) is 57.2 cm³/mol. The van der Waals surface area contributed by atoms with Crippen molar-refractivity contribution < 1.29 is 5.11 Å². The summed E-state index contributed by atoms with van der Waals surface area (Å²) in [4.78, 5) is 0. The van der Waals surface area contributed by atoms with E-state index in [0.717, 1.165) is 19.5 Å². The first kappa shape index (κ1) is 9.69. The second-order valence-corrected chi connectivity index (χ2v) is 4.05. The van der Waals surface area contributed by atoms with Crippen molar-refractivity contribution in [2.45, 2.75) is 12.3 Å². The van der Waals surface area contributed by atoms with Crippen molar-refractivity contribution in [2.75, 3.05) is 19.7 Å². The van der Waals surface area contributed by atoms with Gasteiger partial charge >= 0.3 is 0 Å². The van der Waals surface area contributed by atoms with Gasteiger partial charge in [0.05, 0.1) is 0 Å². The van der Waals surface area contributed by atoms with E-state index in [9.17, 15) is 0 Å². The van der Waals surface area contributed by atoms with E-state index in [1.165, 1.54) is 5.56 Å². The van der Waals surface area contributed by atoms with Crippen LogP contribution in [0.4, 0.5) is 0 Å². The third-order valence-electron chi connectivity index (χ3n) is 2.97. The topological polar surface area (TPSA) is 32.3 Å². The van der Waals surface area contributed by atoms with E-state index >= 15 is 0 Å². The molecule has 1 fully saturated rings. The molecule has 14 heavy (non-hydrogen) atoms. The van der Waals surface area contributed by atoms with Crippen molar-refractivity contribution in [1.82, 2.24) is 5.32 Å². The highest BCUT2D eigenvalue weighted by molar-refractivity contribution is 5.20. The number of aliphatic hydroxyl groups is 1. The molecule has 76 valence electrons. The molecule has 0 saturated carbocycles. The first-order chi connectivity index (χ1) is 6.90. The summed E-state index contributed by atoms with van der Waals surface area (Å²) in [5.74, 6) is 0.996. The molecule has 0 aliphatic carbocycles. The molecule has 1 aromatic carbocycles. The molecule has 1 aliphatic rings. The van der Waals surface area contributed by atoms with Gasteiger partial charge in [0.25, 0.3) is 0 Å². The Hall–Kier alpha value is -0.860. The third-order valence-corrected chi connectivity index (χ3v) is 2.97. The maximum Gasteiger partial charge on any atom is 0.0471 e. The van der Waals surface area contributed by atoms with Gasteiger partial charge in [-0.2, -0.15) is 0 Å². The maximum atomic E-state index is 9.12. The Morgan fingerprint density at radius 1 is 1.21 bits per heavy atom. The molecule has 0 amide bonds. The second kappa shape index (κ2) is 4.58. The smallest absolute Gasteiger partial charge is 0.0471 e. The fraction of sp³-hybridized carbons (Fsp3) is 0.500. The molecule has 0 spiro atoms. The van der Waals surface area contributed by atoms with Gasteiger partial charge < -0.3 is 10.4 Å². The molecule has 1 heterocycles. The van der Waals surface area contributed by atoms with E-state index in [4.69, 9.17) is 5.11 Å². The van der Waals surface area contributed by atoms with Crippen LogP contribution in [0.3, 0.4) is 0 Å². The minimum absolute atomic E-state index is 0.302. The molecule has 2 atom stereocenters. The number of benzene rings is 1. The number of aliphatic hydroxyl groups excluding tert-OH is 1. The zero-order valence-corrected chi connectivity index (χ0v) is 8.32. The molecule has 2 heteroatoms. The van der Waals surface area contributed by atoms with Crippen LogP contribution in [0.5, 0.6) is 0 Å². The standard InChI is InChI=1S/C12H17NO/c14-9-10-6-12(8-13-7-10)11-4-2-1-3-5-11/h1-5,10,12-14H,6-9H2. The Morgan fingerprint density at radius 2 is 2.00 bits per heavy atom. The van der Waals surface area contributed by atoms with Crippen LogP contribution in [0.2, 0.25) is 0 Å². The lowest BCUT2D eigenvalue weighted by atomic mass is 9.86. The molecule has 2 rings (SSSR count). The average molecular weight is 191 g/mol. The quantitative estimate of drug-likeness (QED) is 0.740. The van der Waals surface area contributed by atoms with Crippen molar-refractivity contribution in [2.24, 2.45) is 5.92 Å². The molecule has 0 radical (unpaired) electrons. The first-order valence-electron chi connectivity index (χ1n) is 5.26. The highest BCUT2D eigenvalue weighted by Gasteiger charge is 2.21. The van der Waals surface area contributed by atoms with E-state index in [2.05, 4.69) is 29.6 Å². The van der Waals surface area contributed by atoms with Crippen molar-refractivity contribution in [3.8, 4) is 0 Å². The molecule has 1 aromatic rings. The Balaban J connectivity index is 2.04. The van der Waals surface area contributed by atoms with Crippen molar-refractivity contribution in [3.05, 3.63) is 35.9 Å². The number of piperidine rings is 1. The maximum absolute atomic E-state index is 9.12. The Bertz CT molecular complexity index is 273. The summed E-state index contributed by atoms with van der Waals surface area (Å²) < 4.78 is 0. The van der Waals surface area contributed by atoms with Crippen molar-refractivity contribution >= 4 is 0 Å². The van der Waals surface area contributed by atoms with Gasteiger partial charge in [-0.25, -0.2) is 0 Å². The van der Waals surface area contributed by atoms with Gasteiger partial charge in [0, 0.05) is 19.7 Å². The average Bonchev–Trinajstić information content (AvgIpc) is 2.30. The minimum Gasteiger partial charge on any atom is -0.396 e. The number of hydrogen-bond donors (Lipinski definition) is 2. The Labute approximate surface area is 85.0 Å². The normalized spacial score (nSPS) is 27.5. The number of nitrogens with one attached hydrogen (secondary N) is 1. The molecule has 2 unspecified atom stereocenters. The van der Waals surface area contributed by atoms with Gasteiger partial charge in [-0.3, -0.25) is 0 Å². The molecule has 2 N–H and O–H groups in total. The van der Waals surface area contributed by atoms with Gasteiger partial charge in [0.2, 0.25) is 0 Å². The van der Waals surface area contributed by atoms with Crippen LogP contribution >= 0.6 is 0 Å². The van der Waals surface area contributed by atoms with Crippen LogP contribution in [0.15, 0.2) is 30.3 Å². The lowest BCUT2D eigenvalue weighted by molar-refractivity contribution is 0.190. The summed E-state index contributed by atoms with van der Waals surface area (Å²) in [5, 5.41) is 12.5. The lowest BCUT2D eigenvalue weighted by Gasteiger charge is -2.29. The zero-order chi connectivity index (χ0) is 9.80. The number of hydrogen-bond acceptors (Lipinski definition) is 2. The highest BCUT2D eigenvalue weighted by atomic mass is 16.3. The summed E-state index contributed by atoms with van der Waals surface area (Å²) in [7, 11) is 0. The lowest BCUT2D eigenvalue weighted by Crippen LogP contribution is -2.36. The van der Waals surface area contributed by atoms with E-state index in [-0.39, 0.29) is 0 Å². The van der Waals surface area contributed by atoms with Gasteiger partial charge in [0.1, 0.15) is 0 Å². The molecule has 1 saturated heterocycles. The molecule has 0 aromatic heterocycles. The van der Waals surface area contributed by atoms with Gasteiger partial charge in [-0.1, -0.05) is 30.3 Å². The first-order valence-corrected chi connectivity index (χ1v) is 5.26. The molecule has 1 aliphatic heterocycles. The fourth-order valence-corrected chi connectivity index (χ4v) is 2.15. The monoisotopic (exact) mass is 191 g/mol. The summed E-state index contributed by atoms with van der Waals surface area (Å²) in [6, 6.07) is 10.6. The molecular formula is C12H17NO. The van der Waals surface area contributed by atoms with Crippen LogP contribution in [-0.2, 0) is 0 Å². The predicted octanol–water partition coefficient (Wildman–Crippen LogP) is 1.37. The van der Waals surface area contributed by atoms with E-state index < -0.39 is 0 Å². The zero-order valence-electron chi connectivity index (χ0n) is 8.32. The Morgan fingerprint density at radius 3 is 2.71 bits per heavy atom. The molecular weight excluding hydrogens is 174 g/mol. The van der Waals surface area contributed by atoms with Gasteiger partial charge in [-0.05, 0) is 23.8 Å². The number of rotatable bonds is 2. The molecule has 0 bridgehead atoms. The summed E-state index contributed by atoms with van der Waals surface area (Å²) in [5.41, 5.74) is 1.39. The summed E-state index contributed by atoms with van der Waals surface area (Å²) in [6.45, 7) is 2.30. The van der Waals surface area contributed by atoms with Crippen LogP contribution in [-0.4, -0.2) is 24.8 Å². The van der Waals surface area contributed by atoms with E-state index in [1.807, 2.05) is 6.07 Å². The SMILES string of the molecule is OCC1CNCC(c2ccccc2)C1. The Kier molecular flexibility index (Phi) is 3.17. The highest BCUT2D eigenvalue weighted by Crippen LogP contribution is 2.25. The summed E-state index contributed by atoms with van der Waals surface area (Å²) in [6.07, 6.45) is 1.10. The largest absolute Gasteiger partial charge is 0.396 e. The van der Waals surface area contributed by atoms with E-state index in [1.54, 1.807) is 0 Å². The third kappa shape index (κ3) is 2.14. The van der Waals surface area contributed by atoms with Crippen LogP contribution in [0.25, 0.3) is 0 Å². The van der Waals surface area contributed by atoms with Crippen LogP contribution in [0.1, 0.15) is 17.9 Å². The van der Waals surface area contributed by atoms with Crippen molar-refractivity contribution in [3.63, 3.8) is 0 Å². The van der Waals surface area contributed by atoms with E-state index in [0.29, 0.717) is 18.4 Å². The summed E-state index contributed by atoms with van der Waals surface area (Å²) >= 11 is 0. The van der Waals surface area contributed by atoms with Gasteiger partial charge in [-0.15, -0.1) is 0 Å².